The topological polar surface area (TPSA) is 29.3 Å². The minimum Gasteiger partial charge on any atom is -0.329 e. The van der Waals surface area contributed by atoms with Crippen LogP contribution < -0.4 is 5.73 Å². The van der Waals surface area contributed by atoms with E-state index < -0.39 is 0 Å². The Morgan fingerprint density at radius 2 is 2.00 bits per heavy atom. The highest BCUT2D eigenvalue weighted by molar-refractivity contribution is 5.20. The van der Waals surface area contributed by atoms with Crippen molar-refractivity contribution in [2.45, 2.75) is 32.7 Å². The molecule has 2 N–H and O–H groups in total. The number of hydrogen-bond acceptors (Lipinski definition) is 2. The van der Waals surface area contributed by atoms with Gasteiger partial charge in [0.15, 0.2) is 0 Å². The molecular weight excluding hydrogens is 227 g/mol. The molecule has 0 amide bonds. The minimum atomic E-state index is -0.178. The lowest BCUT2D eigenvalue weighted by Crippen LogP contribution is -2.42. The van der Waals surface area contributed by atoms with Crippen molar-refractivity contribution < 1.29 is 4.39 Å². The molecule has 3 heteroatoms. The van der Waals surface area contributed by atoms with Crippen molar-refractivity contribution in [3.8, 4) is 0 Å². The van der Waals surface area contributed by atoms with Gasteiger partial charge in [-0.25, -0.2) is 4.39 Å². The number of nitrogens with two attached hydrogens (primary N) is 1. The van der Waals surface area contributed by atoms with E-state index in [0.717, 1.165) is 18.7 Å². The van der Waals surface area contributed by atoms with Crippen molar-refractivity contribution in [3.63, 3.8) is 0 Å². The van der Waals surface area contributed by atoms with Gasteiger partial charge in [0.25, 0.3) is 0 Å². The van der Waals surface area contributed by atoms with Gasteiger partial charge in [0, 0.05) is 12.6 Å². The van der Waals surface area contributed by atoms with Gasteiger partial charge in [-0.15, -0.1) is 0 Å². The Labute approximate surface area is 109 Å². The number of hydrogen-bond donors (Lipinski definition) is 1. The van der Waals surface area contributed by atoms with E-state index >= 15 is 0 Å². The average Bonchev–Trinajstić information content (AvgIpc) is 2.32. The fourth-order valence-corrected chi connectivity index (χ4v) is 2.65. The van der Waals surface area contributed by atoms with Crippen LogP contribution in [0.25, 0.3) is 0 Å². The molecule has 0 bridgehead atoms. The zero-order chi connectivity index (χ0) is 13.2. The molecule has 0 aromatic heterocycles. The van der Waals surface area contributed by atoms with Crippen molar-refractivity contribution in [3.05, 3.63) is 35.6 Å². The molecule has 0 aliphatic carbocycles. The second kappa shape index (κ2) is 5.37. The van der Waals surface area contributed by atoms with Crippen LogP contribution >= 0.6 is 0 Å². The van der Waals surface area contributed by atoms with Crippen LogP contribution in [0, 0.1) is 11.2 Å². The van der Waals surface area contributed by atoms with Gasteiger partial charge >= 0.3 is 0 Å². The molecule has 0 spiro atoms. The van der Waals surface area contributed by atoms with Crippen molar-refractivity contribution >= 4 is 0 Å². The van der Waals surface area contributed by atoms with E-state index in [0.29, 0.717) is 12.0 Å². The number of rotatable bonds is 3. The molecule has 0 saturated carbocycles. The number of nitrogens with zero attached hydrogens (tertiary/aromatic N) is 1. The summed E-state index contributed by atoms with van der Waals surface area (Å²) in [6.45, 7) is 7.26. The average molecular weight is 250 g/mol. The van der Waals surface area contributed by atoms with Crippen LogP contribution in [0.5, 0.6) is 0 Å². The molecule has 1 saturated heterocycles. The third kappa shape index (κ3) is 3.09. The first kappa shape index (κ1) is 13.5. The number of likely N-dealkylation sites (tertiary alicyclic amines) is 1. The summed E-state index contributed by atoms with van der Waals surface area (Å²) in [6, 6.07) is 6.98. The first-order valence-corrected chi connectivity index (χ1v) is 6.71. The highest BCUT2D eigenvalue weighted by Crippen LogP contribution is 2.33. The molecule has 1 aromatic carbocycles. The lowest BCUT2D eigenvalue weighted by atomic mass is 9.82. The Hall–Kier alpha value is -0.930. The van der Waals surface area contributed by atoms with E-state index in [-0.39, 0.29) is 11.9 Å². The fraction of sp³-hybridized carbons (Fsp3) is 0.600. The summed E-state index contributed by atoms with van der Waals surface area (Å²) < 4.78 is 13.3. The lowest BCUT2D eigenvalue weighted by molar-refractivity contribution is 0.0963. The maximum Gasteiger partial charge on any atom is 0.123 e. The summed E-state index contributed by atoms with van der Waals surface area (Å²) in [5.74, 6) is -0.178. The lowest BCUT2D eigenvalue weighted by Gasteiger charge is -2.41. The normalized spacial score (nSPS) is 21.8. The molecule has 1 heterocycles. The zero-order valence-corrected chi connectivity index (χ0v) is 11.3. The first-order chi connectivity index (χ1) is 8.52. The van der Waals surface area contributed by atoms with Crippen molar-refractivity contribution in [1.82, 2.24) is 4.90 Å². The van der Waals surface area contributed by atoms with E-state index in [1.807, 2.05) is 6.07 Å². The Morgan fingerprint density at radius 3 is 2.56 bits per heavy atom. The van der Waals surface area contributed by atoms with Gasteiger partial charge < -0.3 is 5.73 Å². The molecule has 0 radical (unpaired) electrons. The quantitative estimate of drug-likeness (QED) is 0.893. The maximum absolute atomic E-state index is 13.3. The standard InChI is InChI=1S/C15H23FN2/c1-15(2)6-8-18(9-7-15)14(11-17)12-4-3-5-13(16)10-12/h3-5,10,14H,6-9,11,17H2,1-2H3. The van der Waals surface area contributed by atoms with Crippen molar-refractivity contribution in [2.24, 2.45) is 11.1 Å². The summed E-state index contributed by atoms with van der Waals surface area (Å²) in [4.78, 5) is 2.39. The van der Waals surface area contributed by atoms with Gasteiger partial charge in [-0.1, -0.05) is 26.0 Å². The monoisotopic (exact) mass is 250 g/mol. The summed E-state index contributed by atoms with van der Waals surface area (Å²) in [7, 11) is 0. The van der Waals surface area contributed by atoms with Gasteiger partial charge in [-0.2, -0.15) is 0 Å². The van der Waals surface area contributed by atoms with Crippen LogP contribution in [0.2, 0.25) is 0 Å². The molecule has 1 atom stereocenters. The van der Waals surface area contributed by atoms with Gasteiger partial charge in [0.1, 0.15) is 5.82 Å². The van der Waals surface area contributed by atoms with Gasteiger partial charge in [-0.05, 0) is 49.0 Å². The molecular formula is C15H23FN2. The predicted molar refractivity (Wildman–Crippen MR) is 72.8 cm³/mol. The summed E-state index contributed by atoms with van der Waals surface area (Å²) in [6.07, 6.45) is 2.36. The highest BCUT2D eigenvalue weighted by atomic mass is 19.1. The molecule has 2 rings (SSSR count). The first-order valence-electron chi connectivity index (χ1n) is 6.71. The Balaban J connectivity index is 2.10. The molecule has 2 nitrogen and oxygen atoms in total. The van der Waals surface area contributed by atoms with Crippen molar-refractivity contribution in [2.75, 3.05) is 19.6 Å². The fourth-order valence-electron chi connectivity index (χ4n) is 2.65. The maximum atomic E-state index is 13.3. The van der Waals surface area contributed by atoms with Gasteiger partial charge in [-0.3, -0.25) is 4.90 Å². The Kier molecular flexibility index (Phi) is 4.03. The molecule has 1 aromatic rings. The van der Waals surface area contributed by atoms with E-state index in [9.17, 15) is 4.39 Å². The van der Waals surface area contributed by atoms with Crippen LogP contribution in [0.4, 0.5) is 4.39 Å². The Bertz CT molecular complexity index is 393. The highest BCUT2D eigenvalue weighted by Gasteiger charge is 2.29. The molecule has 100 valence electrons. The minimum absolute atomic E-state index is 0.150. The third-order valence-electron chi connectivity index (χ3n) is 4.05. The van der Waals surface area contributed by atoms with E-state index in [2.05, 4.69) is 18.7 Å². The molecule has 1 unspecified atom stereocenters. The van der Waals surface area contributed by atoms with E-state index in [4.69, 9.17) is 5.73 Å². The number of benzene rings is 1. The largest absolute Gasteiger partial charge is 0.329 e. The summed E-state index contributed by atoms with van der Waals surface area (Å²) in [5.41, 5.74) is 7.31. The van der Waals surface area contributed by atoms with E-state index in [1.165, 1.54) is 18.9 Å². The smallest absolute Gasteiger partial charge is 0.123 e. The van der Waals surface area contributed by atoms with Gasteiger partial charge in [0.05, 0.1) is 0 Å². The molecule has 18 heavy (non-hydrogen) atoms. The summed E-state index contributed by atoms with van der Waals surface area (Å²) in [5, 5.41) is 0. The summed E-state index contributed by atoms with van der Waals surface area (Å²) >= 11 is 0. The van der Waals surface area contributed by atoms with Crippen molar-refractivity contribution in [1.29, 1.82) is 0 Å². The number of piperidine rings is 1. The third-order valence-corrected chi connectivity index (χ3v) is 4.05. The number of halogens is 1. The second-order valence-corrected chi connectivity index (χ2v) is 6.01. The van der Waals surface area contributed by atoms with Crippen LogP contribution in [0.15, 0.2) is 24.3 Å². The predicted octanol–water partition coefficient (Wildman–Crippen LogP) is 2.95. The van der Waals surface area contributed by atoms with Crippen LogP contribution in [0.3, 0.4) is 0 Å². The van der Waals surface area contributed by atoms with Gasteiger partial charge in [0.2, 0.25) is 0 Å². The molecule has 1 aliphatic heterocycles. The SMILES string of the molecule is CC1(C)CCN(C(CN)c2cccc(F)c2)CC1. The molecule has 1 aliphatic rings. The molecule has 1 fully saturated rings. The Morgan fingerprint density at radius 1 is 1.33 bits per heavy atom. The van der Waals surface area contributed by atoms with Crippen LogP contribution in [-0.4, -0.2) is 24.5 Å². The van der Waals surface area contributed by atoms with E-state index in [1.54, 1.807) is 12.1 Å². The van der Waals surface area contributed by atoms with Crippen LogP contribution in [0.1, 0.15) is 38.3 Å². The van der Waals surface area contributed by atoms with Crippen LogP contribution in [-0.2, 0) is 0 Å². The zero-order valence-electron chi connectivity index (χ0n) is 11.3. The second-order valence-electron chi connectivity index (χ2n) is 6.01.